The van der Waals surface area contributed by atoms with E-state index in [0.29, 0.717) is 0 Å². The highest BCUT2D eigenvalue weighted by molar-refractivity contribution is 5.20. The molecule has 19 heavy (non-hydrogen) atoms. The van der Waals surface area contributed by atoms with Crippen molar-refractivity contribution >= 4 is 0 Å². The SMILES string of the molecule is CCCCCCC(CCCCC)c1cn(C)nc1C. The van der Waals surface area contributed by atoms with Crippen LogP contribution in [0.5, 0.6) is 0 Å². The van der Waals surface area contributed by atoms with Crippen LogP contribution in [0.4, 0.5) is 0 Å². The Morgan fingerprint density at radius 1 is 1.00 bits per heavy atom. The summed E-state index contributed by atoms with van der Waals surface area (Å²) in [5.41, 5.74) is 2.73. The lowest BCUT2D eigenvalue weighted by Gasteiger charge is -2.16. The fraction of sp³-hybridized carbons (Fsp3) is 0.824. The van der Waals surface area contributed by atoms with Crippen molar-refractivity contribution in [1.82, 2.24) is 9.78 Å². The zero-order valence-corrected chi connectivity index (χ0v) is 13.4. The van der Waals surface area contributed by atoms with Gasteiger partial charge in [-0.1, -0.05) is 58.8 Å². The minimum absolute atomic E-state index is 0.733. The maximum absolute atomic E-state index is 4.52. The average molecular weight is 264 g/mol. The van der Waals surface area contributed by atoms with Gasteiger partial charge in [-0.25, -0.2) is 0 Å². The number of hydrogen-bond acceptors (Lipinski definition) is 1. The van der Waals surface area contributed by atoms with E-state index in [2.05, 4.69) is 32.1 Å². The first-order valence-corrected chi connectivity index (χ1v) is 8.19. The predicted molar refractivity (Wildman–Crippen MR) is 83.6 cm³/mol. The van der Waals surface area contributed by atoms with Gasteiger partial charge in [0.2, 0.25) is 0 Å². The molecule has 1 rings (SSSR count). The van der Waals surface area contributed by atoms with Crippen molar-refractivity contribution in [2.24, 2.45) is 7.05 Å². The molecular formula is C17H32N2. The van der Waals surface area contributed by atoms with Crippen molar-refractivity contribution in [2.75, 3.05) is 0 Å². The van der Waals surface area contributed by atoms with Gasteiger partial charge in [0.05, 0.1) is 5.69 Å². The summed E-state index contributed by atoms with van der Waals surface area (Å²) in [5, 5.41) is 4.52. The molecule has 0 saturated heterocycles. The molecule has 0 aliphatic carbocycles. The third kappa shape index (κ3) is 5.80. The van der Waals surface area contributed by atoms with Crippen LogP contribution >= 0.6 is 0 Å². The van der Waals surface area contributed by atoms with Crippen LogP contribution in [0.15, 0.2) is 6.20 Å². The molecule has 0 aromatic carbocycles. The van der Waals surface area contributed by atoms with E-state index in [0.717, 1.165) is 5.92 Å². The Hall–Kier alpha value is -0.790. The topological polar surface area (TPSA) is 17.8 Å². The number of unbranched alkanes of at least 4 members (excludes halogenated alkanes) is 5. The minimum atomic E-state index is 0.733. The number of aryl methyl sites for hydroxylation is 2. The summed E-state index contributed by atoms with van der Waals surface area (Å²) in [6.45, 7) is 6.73. The second-order valence-electron chi connectivity index (χ2n) is 5.89. The molecule has 1 unspecified atom stereocenters. The van der Waals surface area contributed by atoms with Crippen molar-refractivity contribution in [3.8, 4) is 0 Å². The highest BCUT2D eigenvalue weighted by Crippen LogP contribution is 2.30. The smallest absolute Gasteiger partial charge is 0.0628 e. The van der Waals surface area contributed by atoms with Crippen molar-refractivity contribution in [3.63, 3.8) is 0 Å². The van der Waals surface area contributed by atoms with E-state index >= 15 is 0 Å². The van der Waals surface area contributed by atoms with Gasteiger partial charge < -0.3 is 0 Å². The van der Waals surface area contributed by atoms with Crippen LogP contribution in [-0.4, -0.2) is 9.78 Å². The first kappa shape index (κ1) is 16.3. The summed E-state index contributed by atoms with van der Waals surface area (Å²) in [5.74, 6) is 0.733. The van der Waals surface area contributed by atoms with Crippen molar-refractivity contribution in [3.05, 3.63) is 17.5 Å². The summed E-state index contributed by atoms with van der Waals surface area (Å²) in [6, 6.07) is 0. The Balaban J connectivity index is 2.55. The summed E-state index contributed by atoms with van der Waals surface area (Å²) < 4.78 is 1.98. The Morgan fingerprint density at radius 3 is 2.11 bits per heavy atom. The van der Waals surface area contributed by atoms with Crippen molar-refractivity contribution in [1.29, 1.82) is 0 Å². The molecule has 0 fully saturated rings. The molecule has 1 aromatic heterocycles. The molecular weight excluding hydrogens is 232 g/mol. The van der Waals surface area contributed by atoms with Gasteiger partial charge >= 0.3 is 0 Å². The number of aromatic nitrogens is 2. The Kier molecular flexibility index (Phi) is 7.85. The van der Waals surface area contributed by atoms with Gasteiger partial charge in [0.25, 0.3) is 0 Å². The first-order chi connectivity index (χ1) is 9.19. The Bertz CT molecular complexity index is 341. The van der Waals surface area contributed by atoms with Gasteiger partial charge in [-0.3, -0.25) is 4.68 Å². The number of rotatable bonds is 10. The van der Waals surface area contributed by atoms with E-state index in [1.165, 1.54) is 69.0 Å². The highest BCUT2D eigenvalue weighted by Gasteiger charge is 2.15. The fourth-order valence-electron chi connectivity index (χ4n) is 2.93. The molecule has 0 saturated carbocycles. The molecule has 2 nitrogen and oxygen atoms in total. The van der Waals surface area contributed by atoms with Crippen LogP contribution < -0.4 is 0 Å². The lowest BCUT2D eigenvalue weighted by molar-refractivity contribution is 0.499. The Morgan fingerprint density at radius 2 is 1.58 bits per heavy atom. The molecule has 0 aliphatic rings. The van der Waals surface area contributed by atoms with Crippen LogP contribution in [-0.2, 0) is 7.05 Å². The maximum atomic E-state index is 4.52. The largest absolute Gasteiger partial charge is 0.275 e. The van der Waals surface area contributed by atoms with Gasteiger partial charge in [0.1, 0.15) is 0 Å². The lowest BCUT2D eigenvalue weighted by atomic mass is 9.89. The van der Waals surface area contributed by atoms with Gasteiger partial charge in [0, 0.05) is 13.2 Å². The summed E-state index contributed by atoms with van der Waals surface area (Å²) >= 11 is 0. The molecule has 1 atom stereocenters. The molecule has 2 heteroatoms. The van der Waals surface area contributed by atoms with Gasteiger partial charge in [-0.05, 0) is 31.2 Å². The van der Waals surface area contributed by atoms with Crippen LogP contribution in [0.1, 0.15) is 88.8 Å². The molecule has 0 amide bonds. The third-order valence-electron chi connectivity index (χ3n) is 4.05. The van der Waals surface area contributed by atoms with Crippen LogP contribution in [0.25, 0.3) is 0 Å². The first-order valence-electron chi connectivity index (χ1n) is 8.19. The molecule has 110 valence electrons. The molecule has 0 spiro atoms. The van der Waals surface area contributed by atoms with Crippen LogP contribution in [0.2, 0.25) is 0 Å². The predicted octanol–water partition coefficient (Wildman–Crippen LogP) is 5.36. The molecule has 1 aromatic rings. The van der Waals surface area contributed by atoms with Gasteiger partial charge in [-0.15, -0.1) is 0 Å². The minimum Gasteiger partial charge on any atom is -0.275 e. The molecule has 0 N–H and O–H groups in total. The summed E-state index contributed by atoms with van der Waals surface area (Å²) in [7, 11) is 2.04. The van der Waals surface area contributed by atoms with Crippen LogP contribution in [0.3, 0.4) is 0 Å². The summed E-state index contributed by atoms with van der Waals surface area (Å²) in [6.07, 6.45) is 14.4. The molecule has 0 bridgehead atoms. The maximum Gasteiger partial charge on any atom is 0.0628 e. The van der Waals surface area contributed by atoms with Crippen molar-refractivity contribution < 1.29 is 0 Å². The van der Waals surface area contributed by atoms with Crippen molar-refractivity contribution in [2.45, 2.75) is 84.5 Å². The van der Waals surface area contributed by atoms with E-state index in [1.807, 2.05) is 11.7 Å². The van der Waals surface area contributed by atoms with E-state index < -0.39 is 0 Å². The second kappa shape index (κ2) is 9.17. The Labute approximate surface area is 119 Å². The highest BCUT2D eigenvalue weighted by atomic mass is 15.2. The molecule has 1 heterocycles. The quantitative estimate of drug-likeness (QED) is 0.520. The average Bonchev–Trinajstić information content (AvgIpc) is 2.71. The second-order valence-corrected chi connectivity index (χ2v) is 5.89. The number of hydrogen-bond donors (Lipinski definition) is 0. The van der Waals surface area contributed by atoms with Crippen LogP contribution in [0, 0.1) is 6.92 Å². The normalized spacial score (nSPS) is 12.8. The summed E-state index contributed by atoms with van der Waals surface area (Å²) in [4.78, 5) is 0. The van der Waals surface area contributed by atoms with E-state index in [-0.39, 0.29) is 0 Å². The molecule has 0 aliphatic heterocycles. The van der Waals surface area contributed by atoms with E-state index in [4.69, 9.17) is 0 Å². The zero-order valence-electron chi connectivity index (χ0n) is 13.4. The lowest BCUT2D eigenvalue weighted by Crippen LogP contribution is -2.00. The van der Waals surface area contributed by atoms with Gasteiger partial charge in [-0.2, -0.15) is 5.10 Å². The number of nitrogens with zero attached hydrogens (tertiary/aromatic N) is 2. The van der Waals surface area contributed by atoms with E-state index in [1.54, 1.807) is 0 Å². The zero-order chi connectivity index (χ0) is 14.1. The fourth-order valence-corrected chi connectivity index (χ4v) is 2.93. The van der Waals surface area contributed by atoms with E-state index in [9.17, 15) is 0 Å². The third-order valence-corrected chi connectivity index (χ3v) is 4.05. The van der Waals surface area contributed by atoms with Gasteiger partial charge in [0.15, 0.2) is 0 Å². The standard InChI is InChI=1S/C17H32N2/c1-5-7-9-11-13-16(12-10-8-6-2)17-14-19(4)18-15(17)3/h14,16H,5-13H2,1-4H3. The monoisotopic (exact) mass is 264 g/mol. The molecule has 0 radical (unpaired) electrons.